The lowest BCUT2D eigenvalue weighted by Crippen LogP contribution is -2.43. The fourth-order valence-electron chi connectivity index (χ4n) is 1.13. The summed E-state index contributed by atoms with van der Waals surface area (Å²) in [5.74, 6) is 0. The molecule has 1 rings (SSSR count). The second kappa shape index (κ2) is 4.67. The highest BCUT2D eigenvalue weighted by Gasteiger charge is 2.13. The molecule has 0 aliphatic heterocycles. The Bertz CT molecular complexity index is 409. The Balaban J connectivity index is 2.61. The van der Waals surface area contributed by atoms with E-state index in [2.05, 4.69) is 10.6 Å². The molecule has 0 heterocycles. The third kappa shape index (κ3) is 4.01. The van der Waals surface area contributed by atoms with E-state index in [-0.39, 0.29) is 11.6 Å². The topological polar surface area (TPSA) is 64.9 Å². The molecule has 0 saturated heterocycles. The summed E-state index contributed by atoms with van der Waals surface area (Å²) < 4.78 is 0. The van der Waals surface area contributed by atoms with E-state index in [0.717, 1.165) is 0 Å². The molecule has 16 heavy (non-hydrogen) atoms. The first kappa shape index (κ1) is 12.1. The third-order valence-corrected chi connectivity index (χ3v) is 1.76. The molecule has 0 radical (unpaired) electrons. The minimum Gasteiger partial charge on any atom is -0.333 e. The number of nitriles is 1. The van der Waals surface area contributed by atoms with Crippen LogP contribution in [0.4, 0.5) is 10.5 Å². The molecule has 0 fully saturated rings. The van der Waals surface area contributed by atoms with Crippen molar-refractivity contribution >= 4 is 11.7 Å². The molecule has 1 aromatic rings. The van der Waals surface area contributed by atoms with E-state index in [9.17, 15) is 4.79 Å². The number of carbonyl (C=O) groups excluding carboxylic acids is 1. The summed E-state index contributed by atoms with van der Waals surface area (Å²) in [6.07, 6.45) is 0. The number of amides is 2. The molecule has 0 atom stereocenters. The van der Waals surface area contributed by atoms with E-state index >= 15 is 0 Å². The van der Waals surface area contributed by atoms with E-state index in [0.29, 0.717) is 11.3 Å². The van der Waals surface area contributed by atoms with Gasteiger partial charge in [0.15, 0.2) is 0 Å². The quantitative estimate of drug-likeness (QED) is 0.759. The van der Waals surface area contributed by atoms with Crippen LogP contribution in [-0.2, 0) is 0 Å². The van der Waals surface area contributed by atoms with Crippen molar-refractivity contribution in [3.05, 3.63) is 29.8 Å². The predicted octanol–water partition coefficient (Wildman–Crippen LogP) is 2.48. The predicted molar refractivity (Wildman–Crippen MR) is 63.1 cm³/mol. The molecule has 0 aromatic heterocycles. The number of rotatable bonds is 1. The molecule has 4 heteroatoms. The number of urea groups is 1. The molecule has 0 aliphatic carbocycles. The van der Waals surface area contributed by atoms with Crippen LogP contribution in [0.5, 0.6) is 0 Å². The van der Waals surface area contributed by atoms with E-state index in [1.54, 1.807) is 24.3 Å². The third-order valence-electron chi connectivity index (χ3n) is 1.76. The average Bonchev–Trinajstić information content (AvgIpc) is 2.16. The monoisotopic (exact) mass is 217 g/mol. The van der Waals surface area contributed by atoms with E-state index in [4.69, 9.17) is 5.26 Å². The largest absolute Gasteiger partial charge is 0.333 e. The molecule has 1 aromatic carbocycles. The highest BCUT2D eigenvalue weighted by molar-refractivity contribution is 5.89. The first-order valence-corrected chi connectivity index (χ1v) is 5.00. The summed E-state index contributed by atoms with van der Waals surface area (Å²) >= 11 is 0. The van der Waals surface area contributed by atoms with Crippen LogP contribution in [-0.4, -0.2) is 11.6 Å². The summed E-state index contributed by atoms with van der Waals surface area (Å²) in [5.41, 5.74) is 0.971. The summed E-state index contributed by atoms with van der Waals surface area (Å²) in [6, 6.07) is 8.47. The van der Waals surface area contributed by atoms with Crippen LogP contribution < -0.4 is 10.6 Å². The van der Waals surface area contributed by atoms with Crippen LogP contribution in [0, 0.1) is 11.3 Å². The fraction of sp³-hybridized carbons (Fsp3) is 0.333. The van der Waals surface area contributed by atoms with Gasteiger partial charge in [-0.2, -0.15) is 5.26 Å². The van der Waals surface area contributed by atoms with E-state index in [1.165, 1.54) is 0 Å². The Morgan fingerprint density at radius 1 is 1.25 bits per heavy atom. The van der Waals surface area contributed by atoms with Gasteiger partial charge in [-0.3, -0.25) is 0 Å². The minimum atomic E-state index is -0.267. The van der Waals surface area contributed by atoms with Gasteiger partial charge in [0.25, 0.3) is 0 Å². The van der Waals surface area contributed by atoms with Crippen molar-refractivity contribution in [2.24, 2.45) is 0 Å². The average molecular weight is 217 g/mol. The van der Waals surface area contributed by atoms with Crippen molar-refractivity contribution < 1.29 is 4.79 Å². The molecule has 0 unspecified atom stereocenters. The standard InChI is InChI=1S/C12H15N3O/c1-12(2,3)15-11(16)14-10-6-4-9(8-13)5-7-10/h4-7H,1-3H3,(H2,14,15,16). The zero-order valence-corrected chi connectivity index (χ0v) is 9.66. The summed E-state index contributed by atoms with van der Waals surface area (Å²) in [5, 5.41) is 14.1. The lowest BCUT2D eigenvalue weighted by Gasteiger charge is -2.20. The lowest BCUT2D eigenvalue weighted by molar-refractivity contribution is 0.244. The Morgan fingerprint density at radius 2 is 1.81 bits per heavy atom. The van der Waals surface area contributed by atoms with Gasteiger partial charge in [-0.1, -0.05) is 0 Å². The van der Waals surface area contributed by atoms with E-state index < -0.39 is 0 Å². The molecule has 0 spiro atoms. The number of nitrogens with zero attached hydrogens (tertiary/aromatic N) is 1. The molecule has 0 saturated carbocycles. The summed E-state index contributed by atoms with van der Waals surface area (Å²) in [6.45, 7) is 5.72. The molecule has 4 nitrogen and oxygen atoms in total. The van der Waals surface area contributed by atoms with Crippen molar-refractivity contribution in [1.29, 1.82) is 5.26 Å². The molecule has 0 aliphatic rings. The van der Waals surface area contributed by atoms with Crippen LogP contribution in [0.2, 0.25) is 0 Å². The van der Waals surface area contributed by atoms with Gasteiger partial charge in [0, 0.05) is 11.2 Å². The number of benzene rings is 1. The minimum absolute atomic E-state index is 0.253. The zero-order chi connectivity index (χ0) is 12.2. The van der Waals surface area contributed by atoms with Crippen LogP contribution >= 0.6 is 0 Å². The van der Waals surface area contributed by atoms with Crippen LogP contribution in [0.3, 0.4) is 0 Å². The number of nitrogens with one attached hydrogen (secondary N) is 2. The smallest absolute Gasteiger partial charge is 0.319 e. The van der Waals surface area contributed by atoms with Crippen molar-refractivity contribution in [2.75, 3.05) is 5.32 Å². The van der Waals surface area contributed by atoms with Gasteiger partial charge < -0.3 is 10.6 Å². The van der Waals surface area contributed by atoms with Gasteiger partial charge in [0.05, 0.1) is 11.6 Å². The highest BCUT2D eigenvalue weighted by Crippen LogP contribution is 2.09. The second-order valence-electron chi connectivity index (χ2n) is 4.52. The van der Waals surface area contributed by atoms with Crippen LogP contribution in [0.1, 0.15) is 26.3 Å². The Labute approximate surface area is 95.3 Å². The molecule has 2 N–H and O–H groups in total. The zero-order valence-electron chi connectivity index (χ0n) is 9.66. The molecular weight excluding hydrogens is 202 g/mol. The molecule has 2 amide bonds. The lowest BCUT2D eigenvalue weighted by atomic mass is 10.1. The summed E-state index contributed by atoms with van der Waals surface area (Å²) in [4.78, 5) is 11.5. The van der Waals surface area contributed by atoms with Gasteiger partial charge in [-0.25, -0.2) is 4.79 Å². The van der Waals surface area contributed by atoms with Crippen molar-refractivity contribution in [2.45, 2.75) is 26.3 Å². The normalized spacial score (nSPS) is 10.4. The second-order valence-corrected chi connectivity index (χ2v) is 4.52. The Morgan fingerprint density at radius 3 is 2.25 bits per heavy atom. The fourth-order valence-corrected chi connectivity index (χ4v) is 1.13. The van der Waals surface area contributed by atoms with Crippen molar-refractivity contribution in [1.82, 2.24) is 5.32 Å². The van der Waals surface area contributed by atoms with Crippen LogP contribution in [0.25, 0.3) is 0 Å². The van der Waals surface area contributed by atoms with Crippen LogP contribution in [0.15, 0.2) is 24.3 Å². The summed E-state index contributed by atoms with van der Waals surface area (Å²) in [7, 11) is 0. The van der Waals surface area contributed by atoms with E-state index in [1.807, 2.05) is 26.8 Å². The molecule has 0 bridgehead atoms. The van der Waals surface area contributed by atoms with Crippen molar-refractivity contribution in [3.63, 3.8) is 0 Å². The SMILES string of the molecule is CC(C)(C)NC(=O)Nc1ccc(C#N)cc1. The maximum atomic E-state index is 11.5. The molecule has 84 valence electrons. The maximum absolute atomic E-state index is 11.5. The number of carbonyl (C=O) groups is 1. The van der Waals surface area contributed by atoms with Gasteiger partial charge in [0.2, 0.25) is 0 Å². The Hall–Kier alpha value is -2.02. The van der Waals surface area contributed by atoms with Gasteiger partial charge >= 0.3 is 6.03 Å². The first-order chi connectivity index (χ1) is 7.40. The van der Waals surface area contributed by atoms with Gasteiger partial charge in [0.1, 0.15) is 0 Å². The maximum Gasteiger partial charge on any atom is 0.319 e. The van der Waals surface area contributed by atoms with Gasteiger partial charge in [-0.05, 0) is 45.0 Å². The first-order valence-electron chi connectivity index (χ1n) is 5.00. The number of hydrogen-bond donors (Lipinski definition) is 2. The number of hydrogen-bond acceptors (Lipinski definition) is 2. The van der Waals surface area contributed by atoms with Gasteiger partial charge in [-0.15, -0.1) is 0 Å². The molecular formula is C12H15N3O. The highest BCUT2D eigenvalue weighted by atomic mass is 16.2. The number of anilines is 1. The Kier molecular flexibility index (Phi) is 3.51. The van der Waals surface area contributed by atoms with Crippen molar-refractivity contribution in [3.8, 4) is 6.07 Å².